The van der Waals surface area contributed by atoms with Gasteiger partial charge >= 0.3 is 0 Å². The van der Waals surface area contributed by atoms with Crippen molar-refractivity contribution in [2.45, 2.75) is 0 Å². The van der Waals surface area contributed by atoms with Gasteiger partial charge in [-0.1, -0.05) is 24.8 Å². The number of nitrogen functional groups attached to an aromatic ring is 1. The molecule has 3 aromatic rings. The van der Waals surface area contributed by atoms with E-state index >= 15 is 0 Å². The van der Waals surface area contributed by atoms with Crippen molar-refractivity contribution in [1.29, 1.82) is 5.41 Å². The Hall–Kier alpha value is -4.24. The number of carbonyl (C=O) groups excluding carboxylic acids is 1. The second kappa shape index (κ2) is 10.8. The number of fused-ring (bicyclic) bond motifs is 1. The van der Waals surface area contributed by atoms with Crippen LogP contribution in [-0.4, -0.2) is 70.7 Å². The van der Waals surface area contributed by atoms with Crippen LogP contribution < -0.4 is 15.8 Å². The van der Waals surface area contributed by atoms with Crippen LogP contribution in [0.1, 0.15) is 11.1 Å². The van der Waals surface area contributed by atoms with Gasteiger partial charge in [0.1, 0.15) is 29.5 Å². The number of amides is 1. The van der Waals surface area contributed by atoms with Crippen LogP contribution >= 0.6 is 0 Å². The molecule has 37 heavy (non-hydrogen) atoms. The van der Waals surface area contributed by atoms with E-state index in [1.807, 2.05) is 59.5 Å². The van der Waals surface area contributed by atoms with Crippen LogP contribution in [-0.2, 0) is 4.79 Å². The largest absolute Gasteiger partial charge is 0.457 e. The van der Waals surface area contributed by atoms with E-state index in [2.05, 4.69) is 26.8 Å². The molecule has 3 heterocycles. The van der Waals surface area contributed by atoms with Gasteiger partial charge in [-0.15, -0.1) is 0 Å². The summed E-state index contributed by atoms with van der Waals surface area (Å²) in [6, 6.07) is 16.9. The van der Waals surface area contributed by atoms with Crippen molar-refractivity contribution >= 4 is 23.3 Å². The summed E-state index contributed by atoms with van der Waals surface area (Å²) in [5, 5.41) is 12.2. The van der Waals surface area contributed by atoms with Crippen molar-refractivity contribution in [2.24, 2.45) is 11.8 Å². The molecule has 4 N–H and O–H groups in total. The summed E-state index contributed by atoms with van der Waals surface area (Å²) < 4.78 is 5.86. The summed E-state index contributed by atoms with van der Waals surface area (Å²) in [4.78, 5) is 24.7. The van der Waals surface area contributed by atoms with Crippen LogP contribution in [0.25, 0.3) is 0 Å². The lowest BCUT2D eigenvalue weighted by Crippen LogP contribution is -2.34. The predicted molar refractivity (Wildman–Crippen MR) is 144 cm³/mol. The first-order chi connectivity index (χ1) is 18.0. The first kappa shape index (κ1) is 24.5. The maximum absolute atomic E-state index is 11.9. The summed E-state index contributed by atoms with van der Waals surface area (Å²) in [6.07, 6.45) is 2.81. The SMILES string of the molecule is C=CC(=O)N1CC2CN(CCNc3ncnc(N)c3C(=N)c3ccc(Oc4ccccc4)cc3)CC2C1. The van der Waals surface area contributed by atoms with Crippen LogP contribution in [0.15, 0.2) is 73.6 Å². The fourth-order valence-corrected chi connectivity index (χ4v) is 5.15. The molecule has 0 bridgehead atoms. The third-order valence-corrected chi connectivity index (χ3v) is 7.02. The lowest BCUT2D eigenvalue weighted by molar-refractivity contribution is -0.125. The molecule has 5 rings (SSSR count). The number of nitrogens with zero attached hydrogens (tertiary/aromatic N) is 4. The molecule has 0 spiro atoms. The highest BCUT2D eigenvalue weighted by Gasteiger charge is 2.40. The van der Waals surface area contributed by atoms with Crippen LogP contribution in [0.4, 0.5) is 11.6 Å². The Balaban J connectivity index is 1.19. The molecular weight excluding hydrogens is 466 g/mol. The molecule has 2 fully saturated rings. The summed E-state index contributed by atoms with van der Waals surface area (Å²) >= 11 is 0. The molecule has 1 amide bonds. The van der Waals surface area contributed by atoms with E-state index in [0.717, 1.165) is 38.5 Å². The number of benzene rings is 2. The van der Waals surface area contributed by atoms with Gasteiger partial charge in [0.15, 0.2) is 0 Å². The molecule has 2 atom stereocenters. The van der Waals surface area contributed by atoms with E-state index in [4.69, 9.17) is 15.9 Å². The summed E-state index contributed by atoms with van der Waals surface area (Å²) in [6.45, 7) is 8.65. The quantitative estimate of drug-likeness (QED) is 0.307. The van der Waals surface area contributed by atoms with Crippen molar-refractivity contribution < 1.29 is 9.53 Å². The minimum atomic E-state index is 0.0253. The smallest absolute Gasteiger partial charge is 0.245 e. The Morgan fingerprint density at radius 2 is 1.73 bits per heavy atom. The highest BCUT2D eigenvalue weighted by Crippen LogP contribution is 2.31. The molecule has 2 aliphatic rings. The number of anilines is 2. The average Bonchev–Trinajstić information content (AvgIpc) is 3.48. The summed E-state index contributed by atoms with van der Waals surface area (Å²) in [5.41, 5.74) is 7.61. The van der Waals surface area contributed by atoms with Gasteiger partial charge in [-0.3, -0.25) is 10.2 Å². The van der Waals surface area contributed by atoms with Crippen LogP contribution in [0.5, 0.6) is 11.5 Å². The number of para-hydroxylation sites is 1. The number of aromatic nitrogens is 2. The molecule has 0 saturated carbocycles. The molecule has 2 aliphatic heterocycles. The summed E-state index contributed by atoms with van der Waals surface area (Å²) in [5.74, 6) is 3.29. The van der Waals surface area contributed by atoms with Crippen LogP contribution in [0.3, 0.4) is 0 Å². The molecule has 1 aromatic heterocycles. The number of rotatable bonds is 9. The van der Waals surface area contributed by atoms with Gasteiger partial charge in [0, 0.05) is 44.8 Å². The molecular formula is C28H31N7O2. The lowest BCUT2D eigenvalue weighted by Gasteiger charge is -2.21. The topological polar surface area (TPSA) is 120 Å². The number of nitrogens with two attached hydrogens (primary N) is 1. The van der Waals surface area contributed by atoms with Crippen molar-refractivity contribution in [1.82, 2.24) is 19.8 Å². The number of carbonyl (C=O) groups is 1. The summed E-state index contributed by atoms with van der Waals surface area (Å²) in [7, 11) is 0. The minimum absolute atomic E-state index is 0.0253. The van der Waals surface area contributed by atoms with Gasteiger partial charge in [-0.25, -0.2) is 9.97 Å². The van der Waals surface area contributed by atoms with Gasteiger partial charge in [0.25, 0.3) is 0 Å². The van der Waals surface area contributed by atoms with Crippen LogP contribution in [0, 0.1) is 17.2 Å². The highest BCUT2D eigenvalue weighted by molar-refractivity contribution is 6.16. The van der Waals surface area contributed by atoms with Crippen molar-refractivity contribution in [3.8, 4) is 11.5 Å². The first-order valence-corrected chi connectivity index (χ1v) is 12.4. The molecule has 2 unspecified atom stereocenters. The van der Waals surface area contributed by atoms with Crippen molar-refractivity contribution in [3.63, 3.8) is 0 Å². The normalized spacial score (nSPS) is 18.9. The molecule has 2 saturated heterocycles. The average molecular weight is 498 g/mol. The van der Waals surface area contributed by atoms with Gasteiger partial charge in [0.2, 0.25) is 5.91 Å². The lowest BCUT2D eigenvalue weighted by atomic mass is 10.0. The molecule has 9 heteroatoms. The maximum Gasteiger partial charge on any atom is 0.245 e. The molecule has 2 aromatic carbocycles. The predicted octanol–water partition coefficient (Wildman–Crippen LogP) is 3.26. The number of ether oxygens (including phenoxy) is 1. The van der Waals surface area contributed by atoms with E-state index in [9.17, 15) is 4.79 Å². The van der Waals surface area contributed by atoms with Gasteiger partial charge < -0.3 is 25.6 Å². The fraction of sp³-hybridized carbons (Fsp3) is 0.286. The Labute approximate surface area is 216 Å². The third-order valence-electron chi connectivity index (χ3n) is 7.02. The molecule has 0 radical (unpaired) electrons. The maximum atomic E-state index is 11.9. The molecule has 9 nitrogen and oxygen atoms in total. The molecule has 0 aliphatic carbocycles. The zero-order valence-corrected chi connectivity index (χ0v) is 20.6. The Kier molecular flexibility index (Phi) is 7.14. The van der Waals surface area contributed by atoms with Crippen LogP contribution in [0.2, 0.25) is 0 Å². The van der Waals surface area contributed by atoms with E-state index < -0.39 is 0 Å². The number of hydrogen-bond donors (Lipinski definition) is 3. The fourth-order valence-electron chi connectivity index (χ4n) is 5.15. The van der Waals surface area contributed by atoms with Crippen molar-refractivity contribution in [3.05, 3.63) is 84.7 Å². The zero-order valence-electron chi connectivity index (χ0n) is 20.6. The second-order valence-electron chi connectivity index (χ2n) is 9.45. The van der Waals surface area contributed by atoms with Gasteiger partial charge in [0.05, 0.1) is 11.3 Å². The number of hydrogen-bond acceptors (Lipinski definition) is 8. The van der Waals surface area contributed by atoms with Gasteiger partial charge in [-0.2, -0.15) is 0 Å². The standard InChI is InChI=1S/C28H31N7O2/c1-2-24(36)35-16-20-14-34(15-21(20)17-35)13-12-31-28-25(27(30)32-18-33-28)26(29)19-8-10-23(11-9-19)37-22-6-4-3-5-7-22/h2-11,18,20-21,29H,1,12-17H2,(H3,30,31,32,33). The molecule has 190 valence electrons. The Bertz CT molecular complexity index is 1270. The Morgan fingerprint density at radius 1 is 1.05 bits per heavy atom. The number of nitrogens with one attached hydrogen (secondary N) is 2. The van der Waals surface area contributed by atoms with E-state index in [1.54, 1.807) is 0 Å². The third kappa shape index (κ3) is 5.46. The monoisotopic (exact) mass is 497 g/mol. The van der Waals surface area contributed by atoms with Crippen molar-refractivity contribution in [2.75, 3.05) is 50.3 Å². The van der Waals surface area contributed by atoms with E-state index in [0.29, 0.717) is 41.1 Å². The van der Waals surface area contributed by atoms with Gasteiger partial charge in [-0.05, 0) is 54.3 Å². The zero-order chi connectivity index (χ0) is 25.8. The Morgan fingerprint density at radius 3 is 2.41 bits per heavy atom. The van der Waals surface area contributed by atoms with E-state index in [-0.39, 0.29) is 17.4 Å². The minimum Gasteiger partial charge on any atom is -0.457 e. The first-order valence-electron chi connectivity index (χ1n) is 12.4. The number of likely N-dealkylation sites (tertiary alicyclic amines) is 2. The highest BCUT2D eigenvalue weighted by atomic mass is 16.5. The second-order valence-corrected chi connectivity index (χ2v) is 9.45. The van der Waals surface area contributed by atoms with E-state index in [1.165, 1.54) is 12.4 Å².